The van der Waals surface area contributed by atoms with Crippen LogP contribution in [-0.2, 0) is 0 Å². The zero-order chi connectivity index (χ0) is 19.1. The van der Waals surface area contributed by atoms with E-state index >= 15 is 0 Å². The Morgan fingerprint density at radius 1 is 1.07 bits per heavy atom. The smallest absolute Gasteiger partial charge is 0.132 e. The van der Waals surface area contributed by atoms with Gasteiger partial charge in [0, 0.05) is 27.6 Å². The zero-order valence-electron chi connectivity index (χ0n) is 14.5. The van der Waals surface area contributed by atoms with Crippen LogP contribution in [0.2, 0.25) is 10.0 Å². The summed E-state index contributed by atoms with van der Waals surface area (Å²) in [5.74, 6) is -0.404. The van der Waals surface area contributed by atoms with Crippen LogP contribution in [0.1, 0.15) is 11.1 Å². The predicted molar refractivity (Wildman–Crippen MR) is 111 cm³/mol. The molecule has 0 unspecified atom stereocenters. The Morgan fingerprint density at radius 3 is 2.63 bits per heavy atom. The molecule has 1 heterocycles. The first-order chi connectivity index (χ1) is 13.0. The molecule has 0 radical (unpaired) electrons. The van der Waals surface area contributed by atoms with Crippen molar-refractivity contribution < 1.29 is 4.39 Å². The average molecular weight is 397 g/mol. The molecule has 2 nitrogen and oxygen atoms in total. The highest BCUT2D eigenvalue weighted by molar-refractivity contribution is 6.33. The van der Waals surface area contributed by atoms with Crippen molar-refractivity contribution >= 4 is 40.2 Å². The minimum absolute atomic E-state index is 0.349. The maximum atomic E-state index is 14.4. The number of rotatable bonds is 3. The number of hydrogen-bond donors (Lipinski definition) is 0. The molecular weight excluding hydrogens is 382 g/mol. The summed E-state index contributed by atoms with van der Waals surface area (Å²) < 4.78 is 16.0. The summed E-state index contributed by atoms with van der Waals surface area (Å²) in [5.41, 5.74) is 4.45. The summed E-state index contributed by atoms with van der Waals surface area (Å²) in [5, 5.41) is 6.62. The van der Waals surface area contributed by atoms with Gasteiger partial charge in [-0.1, -0.05) is 59.6 Å². The molecule has 0 amide bonds. The van der Waals surface area contributed by atoms with Crippen LogP contribution in [0.15, 0.2) is 61.2 Å². The number of halogens is 3. The SMILES string of the molecule is C=Cc1cc(Cl)c(-n2nc(-c3cccc(C)c3)c3cc(Cl)ccc32)cc1F. The number of hydrogen-bond acceptors (Lipinski definition) is 1. The number of aryl methyl sites for hydroxylation is 1. The molecule has 0 aliphatic heterocycles. The third-order valence-electron chi connectivity index (χ3n) is 4.45. The van der Waals surface area contributed by atoms with Gasteiger partial charge in [0.1, 0.15) is 11.5 Å². The molecule has 27 heavy (non-hydrogen) atoms. The lowest BCUT2D eigenvalue weighted by molar-refractivity contribution is 0.623. The Kier molecular flexibility index (Phi) is 4.50. The van der Waals surface area contributed by atoms with Gasteiger partial charge in [0.2, 0.25) is 0 Å². The standard InChI is InChI=1S/C22H15Cl2FN2/c1-3-14-10-18(24)21(12-19(14)25)27-20-8-7-16(23)11-17(20)22(26-27)15-6-4-5-13(2)9-15/h3-12H,1H2,2H3. The van der Waals surface area contributed by atoms with Crippen LogP contribution in [-0.4, -0.2) is 9.78 Å². The molecular formula is C22H15Cl2FN2. The number of aromatic nitrogens is 2. The monoisotopic (exact) mass is 396 g/mol. The first-order valence-corrected chi connectivity index (χ1v) is 9.10. The topological polar surface area (TPSA) is 17.8 Å². The van der Waals surface area contributed by atoms with Gasteiger partial charge >= 0.3 is 0 Å². The van der Waals surface area contributed by atoms with E-state index in [0.717, 1.165) is 27.7 Å². The molecule has 0 spiro atoms. The van der Waals surface area contributed by atoms with E-state index in [9.17, 15) is 4.39 Å². The second-order valence-electron chi connectivity index (χ2n) is 6.32. The lowest BCUT2D eigenvalue weighted by atomic mass is 10.1. The summed E-state index contributed by atoms with van der Waals surface area (Å²) >= 11 is 12.7. The lowest BCUT2D eigenvalue weighted by Crippen LogP contribution is -1.99. The van der Waals surface area contributed by atoms with Crippen molar-refractivity contribution in [3.8, 4) is 16.9 Å². The van der Waals surface area contributed by atoms with E-state index in [2.05, 4.69) is 12.6 Å². The molecule has 0 saturated carbocycles. The molecule has 0 bridgehead atoms. The van der Waals surface area contributed by atoms with E-state index in [4.69, 9.17) is 28.3 Å². The van der Waals surface area contributed by atoms with Crippen molar-refractivity contribution in [1.29, 1.82) is 0 Å². The minimum Gasteiger partial charge on any atom is -0.231 e. The molecule has 0 aliphatic carbocycles. The Hall–Kier alpha value is -2.62. The van der Waals surface area contributed by atoms with Gasteiger partial charge in [0.15, 0.2) is 0 Å². The molecule has 0 saturated heterocycles. The van der Waals surface area contributed by atoms with Crippen LogP contribution in [0.25, 0.3) is 33.9 Å². The van der Waals surface area contributed by atoms with Gasteiger partial charge in [-0.15, -0.1) is 0 Å². The van der Waals surface area contributed by atoms with Crippen molar-refractivity contribution in [1.82, 2.24) is 9.78 Å². The summed E-state index contributed by atoms with van der Waals surface area (Å²) in [6.45, 7) is 5.63. The van der Waals surface area contributed by atoms with E-state index in [1.165, 1.54) is 12.1 Å². The molecule has 134 valence electrons. The maximum Gasteiger partial charge on any atom is 0.132 e. The Balaban J connectivity index is 2.03. The fraction of sp³-hybridized carbons (Fsp3) is 0.0455. The molecule has 0 aliphatic rings. The number of benzene rings is 3. The fourth-order valence-electron chi connectivity index (χ4n) is 3.15. The summed E-state index contributed by atoms with van der Waals surface area (Å²) in [7, 11) is 0. The van der Waals surface area contributed by atoms with E-state index in [1.807, 2.05) is 37.3 Å². The Bertz CT molecular complexity index is 1190. The molecule has 4 aromatic rings. The average Bonchev–Trinajstić information content (AvgIpc) is 3.01. The minimum atomic E-state index is -0.404. The van der Waals surface area contributed by atoms with Crippen LogP contribution in [0, 0.1) is 12.7 Å². The van der Waals surface area contributed by atoms with Gasteiger partial charge in [-0.3, -0.25) is 0 Å². The molecule has 0 N–H and O–H groups in total. The molecule has 3 aromatic carbocycles. The van der Waals surface area contributed by atoms with Crippen LogP contribution in [0.4, 0.5) is 4.39 Å². The van der Waals surface area contributed by atoms with E-state index in [0.29, 0.717) is 21.3 Å². The first kappa shape index (κ1) is 17.8. The summed E-state index contributed by atoms with van der Waals surface area (Å²) in [6.07, 6.45) is 1.43. The highest BCUT2D eigenvalue weighted by Crippen LogP contribution is 2.34. The van der Waals surface area contributed by atoms with Crippen molar-refractivity contribution in [3.05, 3.63) is 88.2 Å². The third kappa shape index (κ3) is 3.14. The van der Waals surface area contributed by atoms with Gasteiger partial charge in [0.25, 0.3) is 0 Å². The van der Waals surface area contributed by atoms with Crippen molar-refractivity contribution in [3.63, 3.8) is 0 Å². The second kappa shape index (κ2) is 6.84. The van der Waals surface area contributed by atoms with Crippen LogP contribution in [0.3, 0.4) is 0 Å². The molecule has 0 atom stereocenters. The van der Waals surface area contributed by atoms with Crippen LogP contribution < -0.4 is 0 Å². The largest absolute Gasteiger partial charge is 0.231 e. The Morgan fingerprint density at radius 2 is 1.89 bits per heavy atom. The van der Waals surface area contributed by atoms with Gasteiger partial charge in [0.05, 0.1) is 16.2 Å². The summed E-state index contributed by atoms with van der Waals surface area (Å²) in [6, 6.07) is 16.5. The van der Waals surface area contributed by atoms with Gasteiger partial charge < -0.3 is 0 Å². The van der Waals surface area contributed by atoms with E-state index in [1.54, 1.807) is 16.8 Å². The van der Waals surface area contributed by atoms with Gasteiger partial charge in [-0.05, 0) is 37.3 Å². The Labute approximate surface area is 166 Å². The van der Waals surface area contributed by atoms with E-state index < -0.39 is 5.82 Å². The van der Waals surface area contributed by atoms with E-state index in [-0.39, 0.29) is 0 Å². The third-order valence-corrected chi connectivity index (χ3v) is 4.99. The van der Waals surface area contributed by atoms with Gasteiger partial charge in [-0.2, -0.15) is 5.10 Å². The highest BCUT2D eigenvalue weighted by Gasteiger charge is 2.17. The molecule has 0 fully saturated rings. The van der Waals surface area contributed by atoms with Crippen LogP contribution in [0.5, 0.6) is 0 Å². The predicted octanol–water partition coefficient (Wildman–Crippen LogP) is 7.09. The maximum absolute atomic E-state index is 14.4. The normalized spacial score (nSPS) is 11.1. The summed E-state index contributed by atoms with van der Waals surface area (Å²) in [4.78, 5) is 0. The van der Waals surface area contributed by atoms with Crippen molar-refractivity contribution in [2.24, 2.45) is 0 Å². The first-order valence-electron chi connectivity index (χ1n) is 8.35. The van der Waals surface area contributed by atoms with Crippen molar-refractivity contribution in [2.45, 2.75) is 6.92 Å². The zero-order valence-corrected chi connectivity index (χ0v) is 16.0. The molecule has 5 heteroatoms. The van der Waals surface area contributed by atoms with Crippen molar-refractivity contribution in [2.75, 3.05) is 0 Å². The fourth-order valence-corrected chi connectivity index (χ4v) is 3.57. The molecule has 4 rings (SSSR count). The molecule has 1 aromatic heterocycles. The number of nitrogens with zero attached hydrogens (tertiary/aromatic N) is 2. The van der Waals surface area contributed by atoms with Crippen LogP contribution >= 0.6 is 23.2 Å². The number of fused-ring (bicyclic) bond motifs is 1. The highest BCUT2D eigenvalue weighted by atomic mass is 35.5. The quantitative estimate of drug-likeness (QED) is 0.361. The second-order valence-corrected chi connectivity index (χ2v) is 7.16. The van der Waals surface area contributed by atoms with Gasteiger partial charge in [-0.25, -0.2) is 9.07 Å². The lowest BCUT2D eigenvalue weighted by Gasteiger charge is -2.08.